The first-order valence-electron chi connectivity index (χ1n) is 7.98. The van der Waals surface area contributed by atoms with Gasteiger partial charge in [-0.15, -0.1) is 0 Å². The normalized spacial score (nSPS) is 21.0. The van der Waals surface area contributed by atoms with Crippen LogP contribution in [0.2, 0.25) is 0 Å². The van der Waals surface area contributed by atoms with E-state index < -0.39 is 0 Å². The number of hydrogen-bond donors (Lipinski definition) is 1. The minimum Gasteiger partial charge on any atom is -0.384 e. The molecule has 0 bridgehead atoms. The molecule has 0 spiro atoms. The van der Waals surface area contributed by atoms with Gasteiger partial charge in [-0.25, -0.2) is 9.97 Å². The molecule has 0 amide bonds. The molecule has 0 unspecified atom stereocenters. The van der Waals surface area contributed by atoms with Crippen molar-refractivity contribution < 1.29 is 4.74 Å². The van der Waals surface area contributed by atoms with Crippen molar-refractivity contribution in [2.24, 2.45) is 0 Å². The number of likely N-dealkylation sites (tertiary alicyclic amines) is 1. The molecule has 0 aromatic carbocycles. The van der Waals surface area contributed by atoms with Crippen molar-refractivity contribution in [3.8, 4) is 0 Å². The summed E-state index contributed by atoms with van der Waals surface area (Å²) in [6.45, 7) is 6.40. The quantitative estimate of drug-likeness (QED) is 0.877. The Morgan fingerprint density at radius 1 is 1.14 bits per heavy atom. The third-order valence-corrected chi connectivity index (χ3v) is 4.40. The summed E-state index contributed by atoms with van der Waals surface area (Å²) < 4.78 is 6.03. The number of rotatable bonds is 5. The lowest BCUT2D eigenvalue weighted by atomic mass is 10.1. The first kappa shape index (κ1) is 14.5. The molecule has 0 atom stereocenters. The number of anilines is 2. The highest BCUT2D eigenvalue weighted by molar-refractivity contribution is 5.46. The zero-order valence-corrected chi connectivity index (χ0v) is 12.6. The van der Waals surface area contributed by atoms with Crippen LogP contribution in [0.1, 0.15) is 25.7 Å². The van der Waals surface area contributed by atoms with Crippen LogP contribution in [0.3, 0.4) is 0 Å². The Kier molecular flexibility index (Phi) is 4.87. The lowest BCUT2D eigenvalue weighted by Gasteiger charge is -2.33. The van der Waals surface area contributed by atoms with Crippen LogP contribution in [0.15, 0.2) is 12.4 Å². The van der Waals surface area contributed by atoms with E-state index in [2.05, 4.69) is 19.8 Å². The summed E-state index contributed by atoms with van der Waals surface area (Å²) in [6.07, 6.45) is 6.74. The van der Waals surface area contributed by atoms with Gasteiger partial charge in [-0.1, -0.05) is 0 Å². The number of nitrogens with two attached hydrogens (primary N) is 1. The van der Waals surface area contributed by atoms with Gasteiger partial charge >= 0.3 is 0 Å². The Morgan fingerprint density at radius 3 is 2.62 bits per heavy atom. The van der Waals surface area contributed by atoms with Crippen LogP contribution >= 0.6 is 0 Å². The molecule has 2 N–H and O–H groups in total. The summed E-state index contributed by atoms with van der Waals surface area (Å²) in [5.41, 5.74) is 5.71. The van der Waals surface area contributed by atoms with Crippen LogP contribution in [-0.2, 0) is 4.74 Å². The molecule has 0 aliphatic carbocycles. The summed E-state index contributed by atoms with van der Waals surface area (Å²) in [5.74, 6) is 1.46. The zero-order chi connectivity index (χ0) is 14.5. The van der Waals surface area contributed by atoms with Gasteiger partial charge in [-0.05, 0) is 38.8 Å². The maximum absolute atomic E-state index is 6.03. The van der Waals surface area contributed by atoms with E-state index in [0.717, 1.165) is 44.9 Å². The third-order valence-electron chi connectivity index (χ3n) is 4.40. The summed E-state index contributed by atoms with van der Waals surface area (Å²) in [6, 6.07) is 1.84. The average molecular weight is 291 g/mol. The Balaban J connectivity index is 1.38. The highest BCUT2D eigenvalue weighted by Crippen LogP contribution is 2.20. The summed E-state index contributed by atoms with van der Waals surface area (Å²) >= 11 is 0. The van der Waals surface area contributed by atoms with Crippen LogP contribution in [0, 0.1) is 0 Å². The van der Waals surface area contributed by atoms with Gasteiger partial charge in [0.05, 0.1) is 12.7 Å². The predicted molar refractivity (Wildman–Crippen MR) is 83.3 cm³/mol. The monoisotopic (exact) mass is 291 g/mol. The molecule has 3 heterocycles. The Bertz CT molecular complexity index is 441. The molecule has 2 aliphatic heterocycles. The lowest BCUT2D eigenvalue weighted by molar-refractivity contribution is 0.0265. The van der Waals surface area contributed by atoms with Crippen LogP contribution in [0.5, 0.6) is 0 Å². The molecular weight excluding hydrogens is 266 g/mol. The zero-order valence-electron chi connectivity index (χ0n) is 12.6. The molecule has 116 valence electrons. The Morgan fingerprint density at radius 2 is 1.90 bits per heavy atom. The van der Waals surface area contributed by atoms with E-state index in [1.165, 1.54) is 32.3 Å². The molecule has 1 aromatic rings. The fourth-order valence-corrected chi connectivity index (χ4v) is 3.14. The van der Waals surface area contributed by atoms with Crippen LogP contribution < -0.4 is 10.6 Å². The van der Waals surface area contributed by atoms with Crippen LogP contribution in [-0.4, -0.2) is 60.3 Å². The highest BCUT2D eigenvalue weighted by Gasteiger charge is 2.21. The van der Waals surface area contributed by atoms with Gasteiger partial charge in [0, 0.05) is 25.7 Å². The van der Waals surface area contributed by atoms with E-state index in [9.17, 15) is 0 Å². The standard InChI is InChI=1S/C15H25N5O/c16-14-11-15(18-12-17-14)20-7-3-13(4-8-20)21-10-9-19-5-1-2-6-19/h11-13H,1-10H2,(H2,16,17,18). The van der Waals surface area contributed by atoms with Gasteiger partial charge in [0.25, 0.3) is 0 Å². The fraction of sp³-hybridized carbons (Fsp3) is 0.733. The molecule has 21 heavy (non-hydrogen) atoms. The average Bonchev–Trinajstić information content (AvgIpc) is 3.01. The van der Waals surface area contributed by atoms with Gasteiger partial charge in [0.2, 0.25) is 0 Å². The topological polar surface area (TPSA) is 67.5 Å². The largest absolute Gasteiger partial charge is 0.384 e. The minimum atomic E-state index is 0.392. The van der Waals surface area contributed by atoms with Crippen molar-refractivity contribution in [2.45, 2.75) is 31.8 Å². The van der Waals surface area contributed by atoms with Crippen molar-refractivity contribution in [1.82, 2.24) is 14.9 Å². The van der Waals surface area contributed by atoms with Crippen LogP contribution in [0.4, 0.5) is 11.6 Å². The van der Waals surface area contributed by atoms with Crippen molar-refractivity contribution in [1.29, 1.82) is 0 Å². The number of aromatic nitrogens is 2. The van der Waals surface area contributed by atoms with E-state index in [4.69, 9.17) is 10.5 Å². The predicted octanol–water partition coefficient (Wildman–Crippen LogP) is 1.14. The molecule has 0 radical (unpaired) electrons. The van der Waals surface area contributed by atoms with E-state index in [1.54, 1.807) is 0 Å². The van der Waals surface area contributed by atoms with Crippen LogP contribution in [0.25, 0.3) is 0 Å². The number of hydrogen-bond acceptors (Lipinski definition) is 6. The van der Waals surface area contributed by atoms with Crippen molar-refractivity contribution >= 4 is 11.6 Å². The Labute approximate surface area is 126 Å². The smallest absolute Gasteiger partial charge is 0.134 e. The second kappa shape index (κ2) is 7.04. The number of ether oxygens (including phenoxy) is 1. The van der Waals surface area contributed by atoms with E-state index in [1.807, 2.05) is 6.07 Å². The maximum atomic E-state index is 6.03. The highest BCUT2D eigenvalue weighted by atomic mass is 16.5. The van der Waals surface area contributed by atoms with Crippen molar-refractivity contribution in [3.05, 3.63) is 12.4 Å². The summed E-state index contributed by atoms with van der Waals surface area (Å²) in [4.78, 5) is 13.0. The van der Waals surface area contributed by atoms with E-state index >= 15 is 0 Å². The van der Waals surface area contributed by atoms with Crippen molar-refractivity contribution in [2.75, 3.05) is 50.0 Å². The summed E-state index contributed by atoms with van der Waals surface area (Å²) in [5, 5.41) is 0. The molecule has 2 fully saturated rings. The lowest BCUT2D eigenvalue weighted by Crippen LogP contribution is -2.38. The first-order valence-corrected chi connectivity index (χ1v) is 7.98. The van der Waals surface area contributed by atoms with Gasteiger partial charge in [-0.3, -0.25) is 0 Å². The van der Waals surface area contributed by atoms with Crippen molar-refractivity contribution in [3.63, 3.8) is 0 Å². The molecule has 2 saturated heterocycles. The third kappa shape index (κ3) is 4.04. The molecule has 6 heteroatoms. The summed E-state index contributed by atoms with van der Waals surface area (Å²) in [7, 11) is 0. The van der Waals surface area contributed by atoms with Gasteiger partial charge in [0.1, 0.15) is 18.0 Å². The van der Waals surface area contributed by atoms with Gasteiger partial charge in [-0.2, -0.15) is 0 Å². The SMILES string of the molecule is Nc1cc(N2CCC(OCCN3CCCC3)CC2)ncn1. The molecule has 2 aliphatic rings. The van der Waals surface area contributed by atoms with E-state index in [-0.39, 0.29) is 0 Å². The molecule has 6 nitrogen and oxygen atoms in total. The number of piperidine rings is 1. The van der Waals surface area contributed by atoms with Gasteiger partial charge < -0.3 is 20.3 Å². The molecule has 0 saturated carbocycles. The fourth-order valence-electron chi connectivity index (χ4n) is 3.14. The second-order valence-electron chi connectivity index (χ2n) is 5.91. The molecular formula is C15H25N5O. The Hall–Kier alpha value is -1.40. The molecule has 3 rings (SSSR count). The number of nitrogens with zero attached hydrogens (tertiary/aromatic N) is 4. The van der Waals surface area contributed by atoms with E-state index in [0.29, 0.717) is 11.9 Å². The minimum absolute atomic E-state index is 0.392. The first-order chi connectivity index (χ1) is 10.3. The van der Waals surface area contributed by atoms with Gasteiger partial charge in [0.15, 0.2) is 0 Å². The maximum Gasteiger partial charge on any atom is 0.134 e. The molecule has 1 aromatic heterocycles. The number of nitrogen functional groups attached to an aromatic ring is 1. The second-order valence-corrected chi connectivity index (χ2v) is 5.91.